The molecule has 0 saturated heterocycles. The number of hydrogen-bond donors (Lipinski definition) is 4. The Labute approximate surface area is 264 Å². The summed E-state index contributed by atoms with van der Waals surface area (Å²) in [5, 5.41) is 11.6. The van der Waals surface area contributed by atoms with Gasteiger partial charge in [0, 0.05) is 36.6 Å². The zero-order valence-corrected chi connectivity index (χ0v) is 26.2. The molecule has 0 bridgehead atoms. The number of aryl methyl sites for hydroxylation is 1. The Morgan fingerprint density at radius 2 is 1.71 bits per heavy atom. The minimum Gasteiger partial charge on any atom is -0.497 e. The van der Waals surface area contributed by atoms with Crippen LogP contribution in [0.25, 0.3) is 32.8 Å². The Morgan fingerprint density at radius 1 is 0.911 bits per heavy atom. The van der Waals surface area contributed by atoms with Crippen LogP contribution >= 0.6 is 0 Å². The summed E-state index contributed by atoms with van der Waals surface area (Å²) in [4.78, 5) is 28.7. The van der Waals surface area contributed by atoms with Crippen LogP contribution in [0.3, 0.4) is 0 Å². The first-order chi connectivity index (χ1) is 21.9. The molecule has 2 amide bonds. The van der Waals surface area contributed by atoms with Gasteiger partial charge in [0.1, 0.15) is 5.75 Å². The van der Waals surface area contributed by atoms with Crippen LogP contribution in [0.1, 0.15) is 48.9 Å². The molecule has 4 N–H and O–H groups in total. The van der Waals surface area contributed by atoms with Gasteiger partial charge in [0.05, 0.1) is 25.4 Å². The number of aromatic nitrogens is 1. The van der Waals surface area contributed by atoms with Gasteiger partial charge in [0.15, 0.2) is 0 Å². The van der Waals surface area contributed by atoms with Crippen LogP contribution in [-0.2, 0) is 22.6 Å². The van der Waals surface area contributed by atoms with E-state index in [1.165, 1.54) is 27.5 Å². The molecule has 1 aromatic heterocycles. The highest BCUT2D eigenvalue weighted by Crippen LogP contribution is 2.33. The van der Waals surface area contributed by atoms with E-state index >= 15 is 0 Å². The van der Waals surface area contributed by atoms with Crippen LogP contribution in [0.2, 0.25) is 0 Å². The third-order valence-electron chi connectivity index (χ3n) is 8.82. The quantitative estimate of drug-likeness (QED) is 0.117. The van der Waals surface area contributed by atoms with Gasteiger partial charge in [0.25, 0.3) is 0 Å². The number of amides is 2. The van der Waals surface area contributed by atoms with Gasteiger partial charge in [-0.05, 0) is 95.6 Å². The molecule has 1 aliphatic heterocycles. The summed E-state index contributed by atoms with van der Waals surface area (Å²) in [6, 6.07) is 27.4. The SMILES string of the molecule is CNC(=O)CCCCC[C@@H](NC(=O)Cc1c(C)[nH]c2ccc(OC)cc12)N1Cc2cc(-c3ccc4ccccc4c3)ccc2N1. The van der Waals surface area contributed by atoms with E-state index in [4.69, 9.17) is 4.74 Å². The number of carbonyl (C=O) groups is 2. The van der Waals surface area contributed by atoms with Crippen molar-refractivity contribution in [3.8, 4) is 16.9 Å². The topological polar surface area (TPSA) is 98.5 Å². The zero-order valence-electron chi connectivity index (χ0n) is 26.2. The highest BCUT2D eigenvalue weighted by Gasteiger charge is 2.27. The van der Waals surface area contributed by atoms with Gasteiger partial charge in [0.2, 0.25) is 11.8 Å². The molecule has 0 spiro atoms. The predicted octanol–water partition coefficient (Wildman–Crippen LogP) is 6.83. The summed E-state index contributed by atoms with van der Waals surface area (Å²) >= 11 is 0. The fraction of sp³-hybridized carbons (Fsp3) is 0.297. The summed E-state index contributed by atoms with van der Waals surface area (Å²) in [6.45, 7) is 2.67. The Morgan fingerprint density at radius 3 is 2.53 bits per heavy atom. The van der Waals surface area contributed by atoms with Gasteiger partial charge in [-0.2, -0.15) is 5.01 Å². The molecule has 1 atom stereocenters. The van der Waals surface area contributed by atoms with E-state index in [0.29, 0.717) is 13.0 Å². The minimum atomic E-state index is -0.214. The molecule has 0 saturated carbocycles. The third-order valence-corrected chi connectivity index (χ3v) is 8.82. The number of hydrogen-bond acceptors (Lipinski definition) is 5. The Balaban J connectivity index is 1.18. The summed E-state index contributed by atoms with van der Waals surface area (Å²) in [5.41, 5.74) is 11.1. The number of rotatable bonds is 12. The number of hydrazine groups is 1. The lowest BCUT2D eigenvalue weighted by Gasteiger charge is -2.29. The van der Waals surface area contributed by atoms with Crippen molar-refractivity contribution >= 4 is 39.2 Å². The van der Waals surface area contributed by atoms with Gasteiger partial charge < -0.3 is 25.8 Å². The van der Waals surface area contributed by atoms with Crippen LogP contribution in [0.4, 0.5) is 5.69 Å². The Bertz CT molecular complexity index is 1850. The molecule has 0 aliphatic carbocycles. The molecular formula is C37H41N5O3. The number of benzene rings is 4. The number of methoxy groups -OCH3 is 1. The summed E-state index contributed by atoms with van der Waals surface area (Å²) in [7, 11) is 3.32. The van der Waals surface area contributed by atoms with E-state index in [0.717, 1.165) is 59.3 Å². The van der Waals surface area contributed by atoms with Gasteiger partial charge in [-0.1, -0.05) is 48.9 Å². The number of nitrogens with zero attached hydrogens (tertiary/aromatic N) is 1. The molecule has 8 nitrogen and oxygen atoms in total. The number of carbonyl (C=O) groups excluding carboxylic acids is 2. The van der Waals surface area contributed by atoms with Crippen LogP contribution < -0.4 is 20.8 Å². The monoisotopic (exact) mass is 603 g/mol. The number of aromatic amines is 1. The second-order valence-electron chi connectivity index (χ2n) is 11.8. The van der Waals surface area contributed by atoms with Crippen molar-refractivity contribution in [3.05, 3.63) is 95.7 Å². The molecule has 2 heterocycles. The molecule has 5 aromatic rings. The van der Waals surface area contributed by atoms with E-state index in [1.54, 1.807) is 14.2 Å². The molecule has 8 heteroatoms. The summed E-state index contributed by atoms with van der Waals surface area (Å²) in [5.74, 6) is 0.788. The van der Waals surface area contributed by atoms with Crippen LogP contribution in [-0.4, -0.2) is 42.1 Å². The molecule has 232 valence electrons. The van der Waals surface area contributed by atoms with Crippen molar-refractivity contribution in [2.45, 2.75) is 58.2 Å². The Kier molecular flexibility index (Phi) is 9.03. The molecular weight excluding hydrogens is 562 g/mol. The number of H-pyrrole nitrogens is 1. The van der Waals surface area contributed by atoms with E-state index in [1.807, 2.05) is 25.1 Å². The summed E-state index contributed by atoms with van der Waals surface area (Å²) < 4.78 is 5.44. The van der Waals surface area contributed by atoms with Gasteiger partial charge in [-0.15, -0.1) is 0 Å². The zero-order chi connectivity index (χ0) is 31.3. The predicted molar refractivity (Wildman–Crippen MR) is 181 cm³/mol. The second-order valence-corrected chi connectivity index (χ2v) is 11.8. The first kappa shape index (κ1) is 30.2. The van der Waals surface area contributed by atoms with Crippen molar-refractivity contribution in [1.82, 2.24) is 20.6 Å². The number of ether oxygens (including phenoxy) is 1. The lowest BCUT2D eigenvalue weighted by atomic mass is 9.99. The Hall–Kier alpha value is -4.82. The van der Waals surface area contributed by atoms with Crippen molar-refractivity contribution in [2.75, 3.05) is 19.6 Å². The number of nitrogens with one attached hydrogen (secondary N) is 4. The van der Waals surface area contributed by atoms with Crippen molar-refractivity contribution in [2.24, 2.45) is 0 Å². The minimum absolute atomic E-state index is 0.0354. The molecule has 45 heavy (non-hydrogen) atoms. The van der Waals surface area contributed by atoms with Gasteiger partial charge in [-0.3, -0.25) is 9.59 Å². The molecule has 6 rings (SSSR count). The first-order valence-corrected chi connectivity index (χ1v) is 15.7. The van der Waals surface area contributed by atoms with E-state index < -0.39 is 0 Å². The first-order valence-electron chi connectivity index (χ1n) is 15.7. The highest BCUT2D eigenvalue weighted by molar-refractivity contribution is 5.91. The van der Waals surface area contributed by atoms with Crippen molar-refractivity contribution < 1.29 is 14.3 Å². The lowest BCUT2D eigenvalue weighted by Crippen LogP contribution is -2.48. The number of unbranched alkanes of at least 4 members (excludes halogenated alkanes) is 2. The third kappa shape index (κ3) is 6.81. The fourth-order valence-electron chi connectivity index (χ4n) is 6.29. The van der Waals surface area contributed by atoms with Gasteiger partial charge in [-0.25, -0.2) is 0 Å². The standard InChI is InChI=1S/C37H41N5O3/c1-24-31(32-21-30(45-3)16-18-34(32)39-24)22-37(44)40-35(11-5-4-6-12-36(43)38-2)42-23-29-20-28(15-17-33(29)41-42)27-14-13-25-9-7-8-10-26(25)19-27/h7-10,13-21,35,39,41H,4-6,11-12,22-23H2,1-3H3,(H,38,43)(H,40,44)/t35-/m0/s1. The van der Waals surface area contributed by atoms with Gasteiger partial charge >= 0.3 is 0 Å². The molecule has 4 aromatic carbocycles. The fourth-order valence-corrected chi connectivity index (χ4v) is 6.29. The van der Waals surface area contributed by atoms with Crippen LogP contribution in [0, 0.1) is 6.92 Å². The van der Waals surface area contributed by atoms with Crippen molar-refractivity contribution in [1.29, 1.82) is 0 Å². The normalized spacial score (nSPS) is 13.4. The molecule has 0 radical (unpaired) electrons. The van der Waals surface area contributed by atoms with Crippen molar-refractivity contribution in [3.63, 3.8) is 0 Å². The second kappa shape index (κ2) is 13.4. The number of fused-ring (bicyclic) bond motifs is 3. The van der Waals surface area contributed by atoms with E-state index in [2.05, 4.69) is 86.7 Å². The van der Waals surface area contributed by atoms with Crippen LogP contribution in [0.15, 0.2) is 78.9 Å². The largest absolute Gasteiger partial charge is 0.497 e. The maximum Gasteiger partial charge on any atom is 0.225 e. The maximum absolute atomic E-state index is 13.6. The number of anilines is 1. The lowest BCUT2D eigenvalue weighted by molar-refractivity contribution is -0.122. The smallest absolute Gasteiger partial charge is 0.225 e. The molecule has 0 unspecified atom stereocenters. The van der Waals surface area contributed by atoms with E-state index in [-0.39, 0.29) is 24.4 Å². The molecule has 1 aliphatic rings. The highest BCUT2D eigenvalue weighted by atomic mass is 16.5. The summed E-state index contributed by atoms with van der Waals surface area (Å²) in [6.07, 6.45) is 3.95. The van der Waals surface area contributed by atoms with E-state index in [9.17, 15) is 9.59 Å². The average Bonchev–Trinajstić information content (AvgIpc) is 3.63. The van der Waals surface area contributed by atoms with Crippen LogP contribution in [0.5, 0.6) is 5.75 Å². The molecule has 0 fully saturated rings. The maximum atomic E-state index is 13.6. The average molecular weight is 604 g/mol.